The molecule has 3 aromatic rings. The van der Waals surface area contributed by atoms with Crippen molar-refractivity contribution in [1.29, 1.82) is 0 Å². The molecule has 0 radical (unpaired) electrons. The van der Waals surface area contributed by atoms with Gasteiger partial charge in [0.2, 0.25) is 0 Å². The largest absolute Gasteiger partial charge is 0.355 e. The molecule has 1 heterocycles. The first-order valence-corrected chi connectivity index (χ1v) is 9.01. The van der Waals surface area contributed by atoms with E-state index < -0.39 is 0 Å². The maximum absolute atomic E-state index is 4.38. The molecule has 0 aliphatic rings. The third-order valence-corrected chi connectivity index (χ3v) is 4.62. The van der Waals surface area contributed by atoms with Crippen LogP contribution in [0.4, 0.5) is 11.4 Å². The normalized spacial score (nSPS) is 11.1. The number of anilines is 2. The summed E-state index contributed by atoms with van der Waals surface area (Å²) in [6, 6.07) is 13.2. The monoisotopic (exact) mass is 321 g/mol. The minimum atomic E-state index is 1.03. The van der Waals surface area contributed by atoms with Gasteiger partial charge in [-0.2, -0.15) is 0 Å². The highest BCUT2D eigenvalue weighted by atomic mass is 15.0. The summed E-state index contributed by atoms with van der Waals surface area (Å²) in [6.07, 6.45) is 7.95. The maximum atomic E-state index is 4.38. The smallest absolute Gasteiger partial charge is 0.0955 e. The summed E-state index contributed by atoms with van der Waals surface area (Å²) in [5, 5.41) is 3.59. The predicted octanol–water partition coefficient (Wildman–Crippen LogP) is 5.61. The van der Waals surface area contributed by atoms with Crippen molar-refractivity contribution >= 4 is 22.4 Å². The summed E-state index contributed by atoms with van der Waals surface area (Å²) in [7, 11) is 2.03. The van der Waals surface area contributed by atoms with Gasteiger partial charge in [0, 0.05) is 18.4 Å². The number of hydrogen-bond donors (Lipinski definition) is 1. The van der Waals surface area contributed by atoms with E-state index in [9.17, 15) is 0 Å². The molecular weight excluding hydrogens is 294 g/mol. The number of imidazole rings is 1. The van der Waals surface area contributed by atoms with Gasteiger partial charge < -0.3 is 9.88 Å². The van der Waals surface area contributed by atoms with Gasteiger partial charge in [-0.15, -0.1) is 0 Å². The number of unbranched alkanes of at least 4 members (excludes halogenated alkanes) is 2. The van der Waals surface area contributed by atoms with E-state index in [0.717, 1.165) is 23.1 Å². The number of aryl methyl sites for hydroxylation is 3. The number of fused-ring (bicyclic) bond motifs is 1. The van der Waals surface area contributed by atoms with Crippen LogP contribution < -0.4 is 5.32 Å². The summed E-state index contributed by atoms with van der Waals surface area (Å²) in [5.74, 6) is 0. The number of benzene rings is 2. The molecule has 0 unspecified atom stereocenters. The summed E-state index contributed by atoms with van der Waals surface area (Å²) < 4.78 is 2.05. The van der Waals surface area contributed by atoms with Crippen LogP contribution in [0.25, 0.3) is 11.0 Å². The van der Waals surface area contributed by atoms with Crippen molar-refractivity contribution in [2.45, 2.75) is 46.0 Å². The second-order valence-corrected chi connectivity index (χ2v) is 6.49. The molecule has 0 atom stereocenters. The van der Waals surface area contributed by atoms with Crippen molar-refractivity contribution in [3.8, 4) is 0 Å². The maximum Gasteiger partial charge on any atom is 0.0955 e. The fourth-order valence-corrected chi connectivity index (χ4v) is 3.16. The molecule has 3 rings (SSSR count). The summed E-state index contributed by atoms with van der Waals surface area (Å²) in [4.78, 5) is 4.38. The van der Waals surface area contributed by atoms with E-state index in [1.807, 2.05) is 13.4 Å². The quantitative estimate of drug-likeness (QED) is 0.573. The fraction of sp³-hybridized carbons (Fsp3) is 0.381. The van der Waals surface area contributed by atoms with Gasteiger partial charge in [0.1, 0.15) is 0 Å². The van der Waals surface area contributed by atoms with E-state index >= 15 is 0 Å². The van der Waals surface area contributed by atoms with E-state index in [2.05, 4.69) is 65.1 Å². The number of nitrogens with one attached hydrogen (secondary N) is 1. The molecule has 0 aliphatic carbocycles. The molecule has 0 aliphatic heterocycles. The SMILES string of the molecule is CCCCCc1ccc(Nc2ccc3ncn(C)c3c2)c(CC)c1. The zero-order chi connectivity index (χ0) is 16.9. The van der Waals surface area contributed by atoms with Gasteiger partial charge in [0.25, 0.3) is 0 Å². The Balaban J connectivity index is 1.81. The molecule has 0 saturated heterocycles. The molecule has 24 heavy (non-hydrogen) atoms. The molecular formula is C21H27N3. The molecule has 3 nitrogen and oxygen atoms in total. The van der Waals surface area contributed by atoms with Crippen LogP contribution in [-0.4, -0.2) is 9.55 Å². The first-order valence-electron chi connectivity index (χ1n) is 9.01. The second-order valence-electron chi connectivity index (χ2n) is 6.49. The molecule has 0 fully saturated rings. The van der Waals surface area contributed by atoms with Crippen LogP contribution in [0.3, 0.4) is 0 Å². The summed E-state index contributed by atoms with van der Waals surface area (Å²) >= 11 is 0. The molecule has 0 bridgehead atoms. The lowest BCUT2D eigenvalue weighted by Gasteiger charge is -2.13. The second kappa shape index (κ2) is 7.52. The van der Waals surface area contributed by atoms with Gasteiger partial charge in [-0.1, -0.05) is 38.8 Å². The van der Waals surface area contributed by atoms with E-state index in [0.29, 0.717) is 0 Å². The van der Waals surface area contributed by atoms with Crippen LogP contribution in [0.5, 0.6) is 0 Å². The Morgan fingerprint density at radius 3 is 2.71 bits per heavy atom. The molecule has 1 aromatic heterocycles. The molecule has 126 valence electrons. The molecule has 0 spiro atoms. The van der Waals surface area contributed by atoms with Crippen LogP contribution >= 0.6 is 0 Å². The average molecular weight is 321 g/mol. The Bertz CT molecular complexity index is 817. The Kier molecular flexibility index (Phi) is 5.19. The number of hydrogen-bond acceptors (Lipinski definition) is 2. The minimum absolute atomic E-state index is 1.03. The van der Waals surface area contributed by atoms with Crippen molar-refractivity contribution in [1.82, 2.24) is 9.55 Å². The predicted molar refractivity (Wildman–Crippen MR) is 103 cm³/mol. The zero-order valence-corrected chi connectivity index (χ0v) is 15.0. The minimum Gasteiger partial charge on any atom is -0.355 e. The zero-order valence-electron chi connectivity index (χ0n) is 15.0. The number of nitrogens with zero attached hydrogens (tertiary/aromatic N) is 2. The first-order chi connectivity index (χ1) is 11.7. The Hall–Kier alpha value is -2.29. The van der Waals surface area contributed by atoms with Crippen molar-refractivity contribution in [3.63, 3.8) is 0 Å². The topological polar surface area (TPSA) is 29.9 Å². The lowest BCUT2D eigenvalue weighted by molar-refractivity contribution is 0.717. The summed E-state index contributed by atoms with van der Waals surface area (Å²) in [6.45, 7) is 4.48. The lowest BCUT2D eigenvalue weighted by Crippen LogP contribution is -1.98. The van der Waals surface area contributed by atoms with Gasteiger partial charge >= 0.3 is 0 Å². The van der Waals surface area contributed by atoms with E-state index in [-0.39, 0.29) is 0 Å². The van der Waals surface area contributed by atoms with Crippen molar-refractivity contribution < 1.29 is 0 Å². The Morgan fingerprint density at radius 1 is 1.04 bits per heavy atom. The Morgan fingerprint density at radius 2 is 1.92 bits per heavy atom. The van der Waals surface area contributed by atoms with Gasteiger partial charge in [-0.3, -0.25) is 0 Å². The third-order valence-electron chi connectivity index (χ3n) is 4.62. The van der Waals surface area contributed by atoms with Gasteiger partial charge in [0.15, 0.2) is 0 Å². The molecule has 3 heteroatoms. The van der Waals surface area contributed by atoms with Crippen molar-refractivity contribution in [2.75, 3.05) is 5.32 Å². The van der Waals surface area contributed by atoms with E-state index in [1.54, 1.807) is 0 Å². The number of aromatic nitrogens is 2. The number of rotatable bonds is 7. The van der Waals surface area contributed by atoms with Gasteiger partial charge in [-0.05, 0) is 54.7 Å². The van der Waals surface area contributed by atoms with Gasteiger partial charge in [-0.25, -0.2) is 4.98 Å². The van der Waals surface area contributed by atoms with Crippen molar-refractivity contribution in [2.24, 2.45) is 7.05 Å². The summed E-state index contributed by atoms with van der Waals surface area (Å²) in [5.41, 5.74) is 7.33. The van der Waals surface area contributed by atoms with Crippen molar-refractivity contribution in [3.05, 3.63) is 53.9 Å². The van der Waals surface area contributed by atoms with Gasteiger partial charge in [0.05, 0.1) is 17.4 Å². The molecule has 2 aromatic carbocycles. The van der Waals surface area contributed by atoms with Crippen LogP contribution in [0.2, 0.25) is 0 Å². The fourth-order valence-electron chi connectivity index (χ4n) is 3.16. The first kappa shape index (κ1) is 16.6. The van der Waals surface area contributed by atoms with Crippen LogP contribution in [0.1, 0.15) is 44.2 Å². The Labute approximate surface area is 144 Å². The van der Waals surface area contributed by atoms with Crippen LogP contribution in [0, 0.1) is 0 Å². The average Bonchev–Trinajstić information content (AvgIpc) is 2.97. The van der Waals surface area contributed by atoms with E-state index in [4.69, 9.17) is 0 Å². The van der Waals surface area contributed by atoms with E-state index in [1.165, 1.54) is 42.5 Å². The highest BCUT2D eigenvalue weighted by molar-refractivity contribution is 5.81. The van der Waals surface area contributed by atoms with Crippen LogP contribution in [0.15, 0.2) is 42.7 Å². The highest BCUT2D eigenvalue weighted by Crippen LogP contribution is 2.26. The molecule has 0 amide bonds. The highest BCUT2D eigenvalue weighted by Gasteiger charge is 2.06. The molecule has 0 saturated carbocycles. The van der Waals surface area contributed by atoms with Crippen LogP contribution in [-0.2, 0) is 19.9 Å². The third kappa shape index (κ3) is 3.61. The molecule has 1 N–H and O–H groups in total. The lowest BCUT2D eigenvalue weighted by atomic mass is 10.0. The standard InChI is InChI=1S/C21H27N3/c1-4-6-7-8-16-9-11-19(17(5-2)13-16)23-18-10-12-20-21(14-18)24(3)15-22-20/h9-15,23H,4-8H2,1-3H3.